The van der Waals surface area contributed by atoms with E-state index in [1.165, 1.54) is 0 Å². The van der Waals surface area contributed by atoms with Crippen LogP contribution in [0, 0.1) is 0 Å². The Hall–Kier alpha value is -0.820. The second kappa shape index (κ2) is 7.47. The lowest BCUT2D eigenvalue weighted by atomic mass is 10.3. The van der Waals surface area contributed by atoms with E-state index in [0.717, 1.165) is 11.4 Å². The van der Waals surface area contributed by atoms with Gasteiger partial charge in [-0.2, -0.15) is 0 Å². The fraction of sp³-hybridized carbons (Fsp3) is 0.222. The van der Waals surface area contributed by atoms with Crippen molar-refractivity contribution in [2.24, 2.45) is 0 Å². The Morgan fingerprint density at radius 3 is 2.47 bits per heavy atom. The lowest BCUT2D eigenvalue weighted by Gasteiger charge is -2.06. The Morgan fingerprint density at radius 1 is 1.40 bits per heavy atom. The fourth-order valence-electron chi connectivity index (χ4n) is 0.921. The van der Waals surface area contributed by atoms with Crippen LogP contribution in [0.25, 0.3) is 0 Å². The molecule has 4 nitrogen and oxygen atoms in total. The summed E-state index contributed by atoms with van der Waals surface area (Å²) in [6.07, 6.45) is 0. The molecule has 0 aliphatic rings. The highest BCUT2D eigenvalue weighted by atomic mass is 32.1. The molecule has 0 unspecified atom stereocenters. The Kier molecular flexibility index (Phi) is 7.06. The standard InChI is InChI=1S/C9H11NO2S2.H3N/c11-5-6-12-8-3-1-7(2-4-8)10-9(13)14;/h1-4,11H,5-6H2,(H2,10,13,14);1H3. The maximum Gasteiger partial charge on any atom is 0.135 e. The maximum absolute atomic E-state index is 8.54. The van der Waals surface area contributed by atoms with Gasteiger partial charge in [0, 0.05) is 5.69 Å². The van der Waals surface area contributed by atoms with Crippen molar-refractivity contribution in [2.75, 3.05) is 18.5 Å². The predicted octanol–water partition coefficient (Wildman–Crippen LogP) is 1.85. The Morgan fingerprint density at radius 2 is 2.00 bits per heavy atom. The zero-order chi connectivity index (χ0) is 10.4. The zero-order valence-electron chi connectivity index (χ0n) is 8.14. The van der Waals surface area contributed by atoms with Gasteiger partial charge in [-0.1, -0.05) is 12.2 Å². The van der Waals surface area contributed by atoms with Crippen LogP contribution in [0.4, 0.5) is 5.69 Å². The third kappa shape index (κ3) is 5.58. The number of aliphatic hydroxyl groups excluding tert-OH is 1. The lowest BCUT2D eigenvalue weighted by molar-refractivity contribution is 0.201. The normalized spacial score (nSPS) is 8.93. The van der Waals surface area contributed by atoms with E-state index in [0.29, 0.717) is 10.9 Å². The maximum atomic E-state index is 8.54. The first kappa shape index (κ1) is 14.2. The summed E-state index contributed by atoms with van der Waals surface area (Å²) in [6.45, 7) is 0.318. The largest absolute Gasteiger partial charge is 0.491 e. The highest BCUT2D eigenvalue weighted by Gasteiger charge is 1.95. The average molecular weight is 246 g/mol. The van der Waals surface area contributed by atoms with Crippen LogP contribution in [-0.4, -0.2) is 22.6 Å². The van der Waals surface area contributed by atoms with E-state index in [1.807, 2.05) is 12.1 Å². The Bertz CT molecular complexity index is 303. The summed E-state index contributed by atoms with van der Waals surface area (Å²) in [7, 11) is 0. The van der Waals surface area contributed by atoms with Gasteiger partial charge < -0.3 is 21.3 Å². The van der Waals surface area contributed by atoms with Gasteiger partial charge in [-0.15, -0.1) is 12.6 Å². The number of hydrogen-bond acceptors (Lipinski definition) is 4. The Balaban J connectivity index is 0.00000196. The van der Waals surface area contributed by atoms with Gasteiger partial charge >= 0.3 is 0 Å². The molecule has 0 saturated carbocycles. The van der Waals surface area contributed by atoms with Gasteiger partial charge in [-0.25, -0.2) is 0 Å². The third-order valence-corrected chi connectivity index (χ3v) is 1.68. The number of rotatable bonds is 4. The number of benzene rings is 1. The number of hydrogen-bond donors (Lipinski definition) is 4. The number of ether oxygens (including phenoxy) is 1. The molecule has 0 bridgehead atoms. The first-order valence-corrected chi connectivity index (χ1v) is 4.91. The predicted molar refractivity (Wildman–Crippen MR) is 69.3 cm³/mol. The molecule has 0 radical (unpaired) electrons. The first-order chi connectivity index (χ1) is 6.72. The molecule has 0 saturated heterocycles. The molecular weight excluding hydrogens is 232 g/mol. The smallest absolute Gasteiger partial charge is 0.135 e. The minimum Gasteiger partial charge on any atom is -0.491 e. The van der Waals surface area contributed by atoms with Crippen LogP contribution in [0.15, 0.2) is 24.3 Å². The average Bonchev–Trinajstić information content (AvgIpc) is 2.16. The molecule has 84 valence electrons. The van der Waals surface area contributed by atoms with Crippen molar-refractivity contribution < 1.29 is 9.84 Å². The molecular formula is C9H14N2O2S2. The van der Waals surface area contributed by atoms with Crippen LogP contribution in [0.2, 0.25) is 0 Å². The van der Waals surface area contributed by atoms with Gasteiger partial charge in [0.2, 0.25) is 0 Å². The molecule has 1 rings (SSSR count). The number of anilines is 1. The van der Waals surface area contributed by atoms with E-state index in [9.17, 15) is 0 Å². The van der Waals surface area contributed by atoms with Gasteiger partial charge in [-0.05, 0) is 24.3 Å². The molecule has 0 heterocycles. The minimum atomic E-state index is 0. The van der Waals surface area contributed by atoms with E-state index in [-0.39, 0.29) is 12.8 Å². The van der Waals surface area contributed by atoms with Crippen molar-refractivity contribution in [1.29, 1.82) is 0 Å². The van der Waals surface area contributed by atoms with Crippen LogP contribution in [0.5, 0.6) is 5.75 Å². The molecule has 0 atom stereocenters. The van der Waals surface area contributed by atoms with Gasteiger partial charge in [-0.3, -0.25) is 0 Å². The van der Waals surface area contributed by atoms with Gasteiger partial charge in [0.05, 0.1) is 6.61 Å². The molecule has 1 aromatic carbocycles. The van der Waals surface area contributed by atoms with Crippen LogP contribution in [0.1, 0.15) is 0 Å². The number of thiocarbonyl (C=S) groups is 1. The van der Waals surface area contributed by atoms with E-state index in [2.05, 4.69) is 17.9 Å². The van der Waals surface area contributed by atoms with Crippen LogP contribution >= 0.6 is 24.8 Å². The summed E-state index contributed by atoms with van der Waals surface area (Å²) < 4.78 is 5.61. The van der Waals surface area contributed by atoms with Crippen LogP contribution < -0.4 is 16.2 Å². The van der Waals surface area contributed by atoms with E-state index in [4.69, 9.17) is 22.1 Å². The molecule has 0 fully saturated rings. The number of thiol groups is 1. The van der Waals surface area contributed by atoms with Gasteiger partial charge in [0.15, 0.2) is 0 Å². The summed E-state index contributed by atoms with van der Waals surface area (Å²) in [6, 6.07) is 7.25. The summed E-state index contributed by atoms with van der Waals surface area (Å²) in [5, 5.41) is 11.4. The van der Waals surface area contributed by atoms with Crippen molar-refractivity contribution in [3.8, 4) is 5.75 Å². The second-order valence-corrected chi connectivity index (χ2v) is 3.68. The van der Waals surface area contributed by atoms with E-state index in [1.54, 1.807) is 12.1 Å². The fourth-order valence-corrected chi connectivity index (χ4v) is 1.17. The molecule has 0 aliphatic heterocycles. The molecule has 0 amide bonds. The summed E-state index contributed by atoms with van der Waals surface area (Å²) in [4.78, 5) is 0. The second-order valence-electron chi connectivity index (χ2n) is 2.53. The molecule has 0 aromatic heterocycles. The van der Waals surface area contributed by atoms with E-state index >= 15 is 0 Å². The van der Waals surface area contributed by atoms with Crippen molar-refractivity contribution >= 4 is 34.9 Å². The Labute approximate surface area is 99.6 Å². The molecule has 1 aromatic rings. The topological polar surface area (TPSA) is 76.5 Å². The molecule has 0 aliphatic carbocycles. The van der Waals surface area contributed by atoms with Gasteiger partial charge in [0.1, 0.15) is 16.7 Å². The molecule has 5 N–H and O–H groups in total. The first-order valence-electron chi connectivity index (χ1n) is 4.06. The number of aliphatic hydroxyl groups is 1. The molecule has 0 spiro atoms. The van der Waals surface area contributed by atoms with Crippen molar-refractivity contribution in [2.45, 2.75) is 0 Å². The summed E-state index contributed by atoms with van der Waals surface area (Å²) in [5.74, 6) is 0.717. The highest BCUT2D eigenvalue weighted by molar-refractivity contribution is 8.11. The summed E-state index contributed by atoms with van der Waals surface area (Å²) in [5.41, 5.74) is 0.862. The van der Waals surface area contributed by atoms with Crippen molar-refractivity contribution in [3.05, 3.63) is 24.3 Å². The van der Waals surface area contributed by atoms with Crippen LogP contribution in [0.3, 0.4) is 0 Å². The van der Waals surface area contributed by atoms with Crippen LogP contribution in [-0.2, 0) is 0 Å². The SMILES string of the molecule is N.OCCOc1ccc(NC(=S)S)cc1. The monoisotopic (exact) mass is 246 g/mol. The molecule has 6 heteroatoms. The summed E-state index contributed by atoms with van der Waals surface area (Å²) >= 11 is 8.72. The zero-order valence-corrected chi connectivity index (χ0v) is 9.85. The van der Waals surface area contributed by atoms with Gasteiger partial charge in [0.25, 0.3) is 0 Å². The minimum absolute atomic E-state index is 0. The quantitative estimate of drug-likeness (QED) is 0.482. The van der Waals surface area contributed by atoms with E-state index < -0.39 is 0 Å². The third-order valence-electron chi connectivity index (χ3n) is 1.47. The number of nitrogens with one attached hydrogen (secondary N) is 1. The lowest BCUT2D eigenvalue weighted by Crippen LogP contribution is -2.02. The molecule has 15 heavy (non-hydrogen) atoms. The van der Waals surface area contributed by atoms with Crippen molar-refractivity contribution in [3.63, 3.8) is 0 Å². The van der Waals surface area contributed by atoms with Crippen molar-refractivity contribution in [1.82, 2.24) is 6.15 Å². The highest BCUT2D eigenvalue weighted by Crippen LogP contribution is 2.15.